The van der Waals surface area contributed by atoms with Crippen LogP contribution in [-0.4, -0.2) is 39.0 Å². The number of benzene rings is 3. The van der Waals surface area contributed by atoms with Crippen molar-refractivity contribution >= 4 is 92.7 Å². The van der Waals surface area contributed by atoms with Crippen LogP contribution in [0, 0.1) is 0 Å². The molecule has 0 amide bonds. The lowest BCUT2D eigenvalue weighted by Crippen LogP contribution is -2.21. The van der Waals surface area contributed by atoms with Gasteiger partial charge in [0.15, 0.2) is 0 Å². The second-order valence-electron chi connectivity index (χ2n) is 14.7. The third-order valence-corrected chi connectivity index (χ3v) is 14.5. The van der Waals surface area contributed by atoms with Crippen LogP contribution in [-0.2, 0) is 6.42 Å². The van der Waals surface area contributed by atoms with Gasteiger partial charge in [0.25, 0.3) is 0 Å². The molecule has 0 fully saturated rings. The van der Waals surface area contributed by atoms with Gasteiger partial charge in [-0.05, 0) is 79.1 Å². The van der Waals surface area contributed by atoms with Crippen molar-refractivity contribution < 1.29 is 0 Å². The topological polar surface area (TPSA) is 114 Å². The minimum Gasteiger partial charge on any atom is -0.366 e. The average molecular weight is 819 g/mol. The van der Waals surface area contributed by atoms with Crippen LogP contribution in [0.15, 0.2) is 133 Å². The summed E-state index contributed by atoms with van der Waals surface area (Å²) in [6, 6.07) is 28.6. The van der Waals surface area contributed by atoms with Gasteiger partial charge in [0.1, 0.15) is 23.3 Å². The van der Waals surface area contributed by atoms with Gasteiger partial charge in [-0.3, -0.25) is 9.13 Å². The smallest absolute Gasteiger partial charge is 0.149 e. The molecule has 3 N–H and O–H groups in total. The number of hydrogen-bond donors (Lipinski definition) is 3. The van der Waals surface area contributed by atoms with Crippen molar-refractivity contribution in [3.8, 4) is 33.3 Å². The lowest BCUT2D eigenvalue weighted by Gasteiger charge is -2.20. The third-order valence-electron chi connectivity index (χ3n) is 11.6. The van der Waals surface area contributed by atoms with Crippen LogP contribution in [0.5, 0.6) is 0 Å². The van der Waals surface area contributed by atoms with Crippen LogP contribution < -0.4 is 10.6 Å². The van der Waals surface area contributed by atoms with E-state index in [0.29, 0.717) is 0 Å². The van der Waals surface area contributed by atoms with E-state index < -0.39 is 0 Å². The molecule has 2 aliphatic rings. The molecule has 59 heavy (non-hydrogen) atoms. The van der Waals surface area contributed by atoms with Crippen molar-refractivity contribution in [2.24, 2.45) is 0 Å². The van der Waals surface area contributed by atoms with Crippen molar-refractivity contribution in [1.29, 1.82) is 0 Å². The van der Waals surface area contributed by atoms with Crippen LogP contribution in [0.25, 0.3) is 92.0 Å². The number of thiophene rings is 1. The molecular formula is C46H30N10S3. The molecule has 3 aromatic carbocycles. The summed E-state index contributed by atoms with van der Waals surface area (Å²) >= 11 is 5.09. The maximum absolute atomic E-state index is 5.03. The Morgan fingerprint density at radius 1 is 0.644 bits per heavy atom. The standard InChI is InChI=1S/C46H30N10S3/c1-5-27-29-9-3-15-51-45(29)55(39(27)31(7-1)37-41(57-23-53-37)43-47-17-18-48-43)25-11-13-35-33(21-25)34-22-26(12-14-36(34)59-35)56-40-28(30-10-4-16-52-46(30)56)6-2-8-32(40)38-42(58-24-54-38)44-49-19-20-50-44/h1,3-5,7-24,44,49-50H,2,6H2,(H,47,48). The van der Waals surface area contributed by atoms with Gasteiger partial charge in [-0.1, -0.05) is 24.3 Å². The highest BCUT2D eigenvalue weighted by Gasteiger charge is 2.30. The molecule has 13 heteroatoms. The van der Waals surface area contributed by atoms with Gasteiger partial charge in [-0.15, -0.1) is 34.0 Å². The number of rotatable bonds is 6. The van der Waals surface area contributed by atoms with Crippen molar-refractivity contribution in [2.75, 3.05) is 0 Å². The molecule has 0 saturated heterocycles. The first-order chi connectivity index (χ1) is 29.3. The third kappa shape index (κ3) is 4.86. The summed E-state index contributed by atoms with van der Waals surface area (Å²) in [5.41, 5.74) is 15.5. The molecular weight excluding hydrogens is 789 g/mol. The predicted octanol–water partition coefficient (Wildman–Crippen LogP) is 10.9. The number of allylic oxidation sites excluding steroid dienone is 1. The van der Waals surface area contributed by atoms with Crippen molar-refractivity contribution in [3.63, 3.8) is 0 Å². The number of aryl methyl sites for hydroxylation is 1. The lowest BCUT2D eigenvalue weighted by atomic mass is 9.92. The quantitative estimate of drug-likeness (QED) is 0.153. The molecule has 13 rings (SSSR count). The zero-order chi connectivity index (χ0) is 38.6. The van der Waals surface area contributed by atoms with Crippen molar-refractivity contribution in [3.05, 3.63) is 155 Å². The average Bonchev–Trinajstić information content (AvgIpc) is 4.14. The number of hydrogen-bond acceptors (Lipinski definition) is 10. The largest absolute Gasteiger partial charge is 0.366 e. The molecule has 0 bridgehead atoms. The van der Waals surface area contributed by atoms with Crippen molar-refractivity contribution in [1.82, 2.24) is 49.7 Å². The summed E-state index contributed by atoms with van der Waals surface area (Å²) in [6.07, 6.45) is 15.6. The Morgan fingerprint density at radius 3 is 2.17 bits per heavy atom. The zero-order valence-corrected chi connectivity index (χ0v) is 33.5. The highest BCUT2D eigenvalue weighted by atomic mass is 32.1. The molecule has 11 aromatic rings. The van der Waals surface area contributed by atoms with Crippen LogP contribution >= 0.6 is 34.0 Å². The van der Waals surface area contributed by atoms with E-state index in [9.17, 15) is 0 Å². The number of aromatic nitrogens is 8. The first kappa shape index (κ1) is 33.1. The van der Waals surface area contributed by atoms with Gasteiger partial charge >= 0.3 is 0 Å². The van der Waals surface area contributed by atoms with E-state index in [0.717, 1.165) is 85.0 Å². The molecule has 1 aliphatic carbocycles. The molecule has 0 atom stereocenters. The maximum atomic E-state index is 5.03. The molecule has 8 aromatic heterocycles. The fraction of sp³-hybridized carbons (Fsp3) is 0.0652. The summed E-state index contributed by atoms with van der Waals surface area (Å²) in [5.74, 6) is 0.809. The number of para-hydroxylation sites is 1. The van der Waals surface area contributed by atoms with E-state index in [-0.39, 0.29) is 6.17 Å². The minimum absolute atomic E-state index is 0.0113. The number of thiazole rings is 2. The highest BCUT2D eigenvalue weighted by molar-refractivity contribution is 7.25. The number of nitrogens with one attached hydrogen (secondary N) is 3. The summed E-state index contributed by atoms with van der Waals surface area (Å²) in [4.78, 5) is 30.0. The Labute approximate surface area is 347 Å². The molecule has 9 heterocycles. The van der Waals surface area contributed by atoms with E-state index in [4.69, 9.17) is 19.9 Å². The van der Waals surface area contributed by atoms with Gasteiger partial charge in [-0.25, -0.2) is 24.9 Å². The second kappa shape index (κ2) is 12.8. The van der Waals surface area contributed by atoms with E-state index in [2.05, 4.69) is 109 Å². The number of aromatic amines is 1. The fourth-order valence-corrected chi connectivity index (χ4v) is 11.8. The van der Waals surface area contributed by atoms with Crippen LogP contribution in [0.1, 0.15) is 34.4 Å². The first-order valence-corrected chi connectivity index (χ1v) is 21.9. The molecule has 282 valence electrons. The Morgan fingerprint density at radius 2 is 1.37 bits per heavy atom. The zero-order valence-electron chi connectivity index (χ0n) is 31.0. The number of imidazole rings is 1. The Kier molecular flexibility index (Phi) is 7.17. The van der Waals surface area contributed by atoms with Gasteiger partial charge in [0.05, 0.1) is 43.4 Å². The molecule has 0 saturated carbocycles. The SMILES string of the molecule is C1=CNC(c2scnc2C2=CCCc3c2n(-c2ccc4sc5ccc(-n6c7ncccc7c7cccc(-c8ncsc8-c8ncc[nH]8)c76)cc5c4c2)c2ncccc32)N1. The molecule has 10 nitrogen and oxygen atoms in total. The molecule has 0 unspecified atom stereocenters. The first-order valence-electron chi connectivity index (χ1n) is 19.4. The van der Waals surface area contributed by atoms with Crippen LogP contribution in [0.4, 0.5) is 0 Å². The molecule has 1 aliphatic heterocycles. The van der Waals surface area contributed by atoms with E-state index in [1.54, 1.807) is 28.9 Å². The van der Waals surface area contributed by atoms with Crippen molar-refractivity contribution in [2.45, 2.75) is 19.0 Å². The van der Waals surface area contributed by atoms with E-state index in [1.807, 2.05) is 59.4 Å². The summed E-state index contributed by atoms with van der Waals surface area (Å²) in [6.45, 7) is 0. The van der Waals surface area contributed by atoms with E-state index in [1.165, 1.54) is 41.7 Å². The normalized spacial score (nSPS) is 14.2. The molecule has 0 radical (unpaired) electrons. The minimum atomic E-state index is -0.0113. The summed E-state index contributed by atoms with van der Waals surface area (Å²) in [5, 5.41) is 12.7. The monoisotopic (exact) mass is 818 g/mol. The number of nitrogens with zero attached hydrogens (tertiary/aromatic N) is 7. The van der Waals surface area contributed by atoms with Gasteiger partial charge in [0, 0.05) is 96.0 Å². The lowest BCUT2D eigenvalue weighted by molar-refractivity contribution is 0.616. The Bertz CT molecular complexity index is 3530. The number of fused-ring (bicyclic) bond motifs is 9. The van der Waals surface area contributed by atoms with Gasteiger partial charge < -0.3 is 15.6 Å². The Hall–Kier alpha value is -6.93. The number of pyridine rings is 2. The predicted molar refractivity (Wildman–Crippen MR) is 240 cm³/mol. The van der Waals surface area contributed by atoms with Gasteiger partial charge in [-0.2, -0.15) is 0 Å². The summed E-state index contributed by atoms with van der Waals surface area (Å²) in [7, 11) is 0. The maximum Gasteiger partial charge on any atom is 0.149 e. The fourth-order valence-electron chi connectivity index (χ4n) is 9.15. The summed E-state index contributed by atoms with van der Waals surface area (Å²) < 4.78 is 7.13. The highest BCUT2D eigenvalue weighted by Crippen LogP contribution is 2.45. The number of H-pyrrole nitrogens is 1. The van der Waals surface area contributed by atoms with Crippen LogP contribution in [0.3, 0.4) is 0 Å². The second-order valence-corrected chi connectivity index (χ2v) is 17.5. The van der Waals surface area contributed by atoms with E-state index >= 15 is 0 Å². The molecule has 0 spiro atoms. The van der Waals surface area contributed by atoms with Crippen LogP contribution in [0.2, 0.25) is 0 Å². The Balaban J connectivity index is 1.02. The van der Waals surface area contributed by atoms with Gasteiger partial charge in [0.2, 0.25) is 0 Å².